The predicted molar refractivity (Wildman–Crippen MR) is 100.0 cm³/mol. The molecule has 2 fully saturated rings. The number of carbonyl (C=O) groups excluding carboxylic acids is 1. The largest absolute Gasteiger partial charge is 0.456 e. The van der Waals surface area contributed by atoms with Crippen LogP contribution in [0.4, 0.5) is 0 Å². The Morgan fingerprint density at radius 2 is 1.72 bits per heavy atom. The number of rotatable bonds is 2. The second-order valence-corrected chi connectivity index (χ2v) is 7.75. The van der Waals surface area contributed by atoms with Gasteiger partial charge in [-0.25, -0.2) is 0 Å². The summed E-state index contributed by atoms with van der Waals surface area (Å²) in [6.07, 6.45) is 5.81. The van der Waals surface area contributed by atoms with Crippen LogP contribution in [0.1, 0.15) is 42.5 Å². The SMILES string of the molecule is CN1C2CCCC1CC(C(=O)c1ccc3oc4ccccc4c3c1)C2. The summed E-state index contributed by atoms with van der Waals surface area (Å²) in [5.41, 5.74) is 2.58. The molecular formula is C22H23NO2. The van der Waals surface area contributed by atoms with E-state index in [-0.39, 0.29) is 5.92 Å². The average molecular weight is 333 g/mol. The number of fused-ring (bicyclic) bond motifs is 5. The van der Waals surface area contributed by atoms with Gasteiger partial charge in [0.1, 0.15) is 11.2 Å². The minimum absolute atomic E-state index is 0.169. The molecule has 2 aliphatic rings. The second-order valence-electron chi connectivity index (χ2n) is 7.75. The van der Waals surface area contributed by atoms with E-state index in [0.717, 1.165) is 40.3 Å². The number of furan rings is 1. The van der Waals surface area contributed by atoms with E-state index in [9.17, 15) is 4.79 Å². The van der Waals surface area contributed by atoms with Crippen molar-refractivity contribution in [1.29, 1.82) is 0 Å². The maximum Gasteiger partial charge on any atom is 0.166 e. The predicted octanol–water partition coefficient (Wildman–Crippen LogP) is 5.03. The van der Waals surface area contributed by atoms with Gasteiger partial charge in [-0.1, -0.05) is 24.6 Å². The van der Waals surface area contributed by atoms with Gasteiger partial charge < -0.3 is 9.32 Å². The third kappa shape index (κ3) is 2.41. The molecule has 0 aliphatic carbocycles. The fraction of sp³-hybridized carbons (Fsp3) is 0.409. The fourth-order valence-corrected chi connectivity index (χ4v) is 4.94. The molecule has 5 rings (SSSR count). The smallest absolute Gasteiger partial charge is 0.166 e. The Morgan fingerprint density at radius 1 is 1.00 bits per heavy atom. The molecule has 2 atom stereocenters. The van der Waals surface area contributed by atoms with Crippen LogP contribution in [-0.4, -0.2) is 29.8 Å². The van der Waals surface area contributed by atoms with Crippen molar-refractivity contribution in [2.45, 2.75) is 44.2 Å². The first-order chi connectivity index (χ1) is 12.2. The molecule has 2 aromatic carbocycles. The van der Waals surface area contributed by atoms with Crippen LogP contribution in [0.2, 0.25) is 0 Å². The Bertz CT molecular complexity index is 943. The highest BCUT2D eigenvalue weighted by Crippen LogP contribution is 2.38. The number of hydrogen-bond donors (Lipinski definition) is 0. The van der Waals surface area contributed by atoms with E-state index < -0.39 is 0 Å². The highest BCUT2D eigenvalue weighted by molar-refractivity contribution is 6.08. The van der Waals surface area contributed by atoms with E-state index in [2.05, 4.69) is 18.0 Å². The number of nitrogens with zero attached hydrogens (tertiary/aromatic N) is 1. The number of Topliss-reactive ketones (excluding diaryl/α,β-unsaturated/α-hetero) is 1. The summed E-state index contributed by atoms with van der Waals surface area (Å²) in [5, 5.41) is 2.14. The summed E-state index contributed by atoms with van der Waals surface area (Å²) in [6.45, 7) is 0. The van der Waals surface area contributed by atoms with Gasteiger partial charge in [0.2, 0.25) is 0 Å². The van der Waals surface area contributed by atoms with E-state index in [0.29, 0.717) is 17.9 Å². The van der Waals surface area contributed by atoms with Crippen molar-refractivity contribution in [2.24, 2.45) is 5.92 Å². The van der Waals surface area contributed by atoms with Crippen molar-refractivity contribution >= 4 is 27.7 Å². The molecule has 0 amide bonds. The molecule has 0 saturated carbocycles. The zero-order chi connectivity index (χ0) is 17.0. The third-order valence-electron chi connectivity index (χ3n) is 6.37. The molecule has 2 unspecified atom stereocenters. The van der Waals surface area contributed by atoms with Crippen molar-refractivity contribution in [3.05, 3.63) is 48.0 Å². The van der Waals surface area contributed by atoms with Crippen LogP contribution in [0.3, 0.4) is 0 Å². The van der Waals surface area contributed by atoms with Crippen LogP contribution in [0.25, 0.3) is 21.9 Å². The number of piperidine rings is 2. The van der Waals surface area contributed by atoms with E-state index in [1.807, 2.05) is 36.4 Å². The zero-order valence-corrected chi connectivity index (χ0v) is 14.6. The molecule has 25 heavy (non-hydrogen) atoms. The van der Waals surface area contributed by atoms with Crippen molar-refractivity contribution in [3.63, 3.8) is 0 Å². The summed E-state index contributed by atoms with van der Waals surface area (Å²) in [5.74, 6) is 0.485. The van der Waals surface area contributed by atoms with E-state index in [1.54, 1.807) is 0 Å². The van der Waals surface area contributed by atoms with Crippen molar-refractivity contribution in [1.82, 2.24) is 4.90 Å². The highest BCUT2D eigenvalue weighted by Gasteiger charge is 2.38. The van der Waals surface area contributed by atoms with Gasteiger partial charge in [-0.05, 0) is 57.0 Å². The van der Waals surface area contributed by atoms with Crippen molar-refractivity contribution in [2.75, 3.05) is 7.05 Å². The molecule has 0 N–H and O–H groups in total. The first kappa shape index (κ1) is 15.2. The number of ketones is 1. The van der Waals surface area contributed by atoms with Crippen LogP contribution >= 0.6 is 0 Å². The lowest BCUT2D eigenvalue weighted by Gasteiger charge is -2.46. The average Bonchev–Trinajstić information content (AvgIpc) is 2.99. The van der Waals surface area contributed by atoms with Crippen LogP contribution < -0.4 is 0 Å². The molecule has 3 heteroatoms. The zero-order valence-electron chi connectivity index (χ0n) is 14.6. The van der Waals surface area contributed by atoms with Gasteiger partial charge in [0, 0.05) is 34.3 Å². The monoisotopic (exact) mass is 333 g/mol. The molecule has 2 aliphatic heterocycles. The Balaban J connectivity index is 1.50. The molecule has 0 radical (unpaired) electrons. The Morgan fingerprint density at radius 3 is 2.52 bits per heavy atom. The maximum absolute atomic E-state index is 13.2. The van der Waals surface area contributed by atoms with Crippen molar-refractivity contribution in [3.8, 4) is 0 Å². The fourth-order valence-electron chi connectivity index (χ4n) is 4.94. The van der Waals surface area contributed by atoms with Gasteiger partial charge >= 0.3 is 0 Å². The molecule has 3 nitrogen and oxygen atoms in total. The van der Waals surface area contributed by atoms with Gasteiger partial charge in [0.15, 0.2) is 5.78 Å². The first-order valence-electron chi connectivity index (χ1n) is 9.38. The molecule has 3 aromatic rings. The van der Waals surface area contributed by atoms with Crippen LogP contribution in [0, 0.1) is 5.92 Å². The number of hydrogen-bond acceptors (Lipinski definition) is 3. The van der Waals surface area contributed by atoms with Gasteiger partial charge in [-0.15, -0.1) is 0 Å². The number of benzene rings is 2. The summed E-state index contributed by atoms with van der Waals surface area (Å²) in [4.78, 5) is 15.7. The maximum atomic E-state index is 13.2. The first-order valence-corrected chi connectivity index (χ1v) is 9.38. The molecule has 2 bridgehead atoms. The molecule has 0 spiro atoms. The lowest BCUT2D eigenvalue weighted by molar-refractivity contribution is 0.0338. The lowest BCUT2D eigenvalue weighted by Crippen LogP contribution is -2.51. The second kappa shape index (κ2) is 5.70. The van der Waals surface area contributed by atoms with E-state index in [4.69, 9.17) is 4.42 Å². The van der Waals surface area contributed by atoms with Gasteiger partial charge in [-0.3, -0.25) is 4.79 Å². The lowest BCUT2D eigenvalue weighted by atomic mass is 9.76. The minimum Gasteiger partial charge on any atom is -0.456 e. The van der Waals surface area contributed by atoms with Crippen LogP contribution in [-0.2, 0) is 0 Å². The van der Waals surface area contributed by atoms with Crippen LogP contribution in [0.5, 0.6) is 0 Å². The Kier molecular flexibility index (Phi) is 3.46. The molecule has 128 valence electrons. The Labute approximate surface area is 147 Å². The highest BCUT2D eigenvalue weighted by atomic mass is 16.3. The summed E-state index contributed by atoms with van der Waals surface area (Å²) >= 11 is 0. The number of para-hydroxylation sites is 1. The van der Waals surface area contributed by atoms with Crippen molar-refractivity contribution < 1.29 is 9.21 Å². The minimum atomic E-state index is 0.169. The molecule has 3 heterocycles. The molecular weight excluding hydrogens is 310 g/mol. The van der Waals surface area contributed by atoms with Gasteiger partial charge in [0.05, 0.1) is 0 Å². The third-order valence-corrected chi connectivity index (χ3v) is 6.37. The normalized spacial score (nSPS) is 27.0. The van der Waals surface area contributed by atoms with Gasteiger partial charge in [-0.2, -0.15) is 0 Å². The summed E-state index contributed by atoms with van der Waals surface area (Å²) < 4.78 is 5.89. The van der Waals surface area contributed by atoms with Gasteiger partial charge in [0.25, 0.3) is 0 Å². The van der Waals surface area contributed by atoms with E-state index in [1.165, 1.54) is 19.3 Å². The van der Waals surface area contributed by atoms with E-state index >= 15 is 0 Å². The summed E-state index contributed by atoms with van der Waals surface area (Å²) in [6, 6.07) is 15.2. The molecule has 2 saturated heterocycles. The standard InChI is InChI=1S/C22H23NO2/c1-23-16-5-4-6-17(23)12-15(11-16)22(24)14-9-10-21-19(13-14)18-7-2-3-8-20(18)25-21/h2-3,7-10,13,15-17H,4-6,11-12H2,1H3. The number of carbonyl (C=O) groups is 1. The molecule has 1 aromatic heterocycles. The quantitative estimate of drug-likeness (QED) is 0.617. The van der Waals surface area contributed by atoms with Crippen LogP contribution in [0.15, 0.2) is 46.9 Å². The topological polar surface area (TPSA) is 33.5 Å². The Hall–Kier alpha value is -2.13. The summed E-state index contributed by atoms with van der Waals surface area (Å²) in [7, 11) is 2.23.